The topological polar surface area (TPSA) is 42.2 Å². The lowest BCUT2D eigenvalue weighted by molar-refractivity contribution is -0.140. The molecular formula is C14H18BrNO2. The Kier molecular flexibility index (Phi) is 6.96. The van der Waals surface area contributed by atoms with E-state index in [1.54, 1.807) is 0 Å². The molecule has 3 nitrogen and oxygen atoms in total. The van der Waals surface area contributed by atoms with Gasteiger partial charge in [-0.15, -0.1) is 0 Å². The highest BCUT2D eigenvalue weighted by molar-refractivity contribution is 9.10. The Balaban J connectivity index is 2.71. The molecule has 0 saturated heterocycles. The van der Waals surface area contributed by atoms with Crippen molar-refractivity contribution in [3.05, 3.63) is 34.3 Å². The fourth-order valence-corrected chi connectivity index (χ4v) is 1.97. The summed E-state index contributed by atoms with van der Waals surface area (Å²) >= 11 is 3.38. The third-order valence-electron chi connectivity index (χ3n) is 2.56. The molecule has 0 heterocycles. The lowest BCUT2D eigenvalue weighted by Gasteiger charge is -2.19. The minimum absolute atomic E-state index is 0.207. The maximum Gasteiger partial charge on any atom is 0.159 e. The number of nitrogens with zero attached hydrogens (tertiary/aromatic N) is 1. The van der Waals surface area contributed by atoms with Gasteiger partial charge in [-0.1, -0.05) is 28.1 Å². The number of rotatable bonds is 7. The molecule has 1 atom stereocenters. The summed E-state index contributed by atoms with van der Waals surface area (Å²) in [6.07, 6.45) is 0.244. The molecule has 1 aromatic rings. The van der Waals surface area contributed by atoms with Crippen molar-refractivity contribution in [2.24, 2.45) is 0 Å². The van der Waals surface area contributed by atoms with E-state index in [1.807, 2.05) is 38.1 Å². The zero-order valence-corrected chi connectivity index (χ0v) is 12.3. The maximum atomic E-state index is 9.26. The van der Waals surface area contributed by atoms with Crippen LogP contribution in [0.4, 0.5) is 0 Å². The van der Waals surface area contributed by atoms with Crippen molar-refractivity contribution in [3.63, 3.8) is 0 Å². The lowest BCUT2D eigenvalue weighted by Crippen LogP contribution is -2.20. The van der Waals surface area contributed by atoms with Crippen LogP contribution < -0.4 is 0 Å². The Bertz CT molecular complexity index is 380. The SMILES string of the molecule is CCOC(C[C@H](C#N)c1ccc(Br)cc1)OCC. The van der Waals surface area contributed by atoms with E-state index in [0.717, 1.165) is 10.0 Å². The highest BCUT2D eigenvalue weighted by Crippen LogP contribution is 2.24. The summed E-state index contributed by atoms with van der Waals surface area (Å²) < 4.78 is 12.0. The van der Waals surface area contributed by atoms with Gasteiger partial charge < -0.3 is 9.47 Å². The van der Waals surface area contributed by atoms with Crippen LogP contribution in [0.15, 0.2) is 28.7 Å². The van der Waals surface area contributed by atoms with E-state index in [0.29, 0.717) is 19.6 Å². The molecule has 0 unspecified atom stereocenters. The van der Waals surface area contributed by atoms with Crippen LogP contribution >= 0.6 is 15.9 Å². The van der Waals surface area contributed by atoms with Crippen LogP contribution in [0.2, 0.25) is 0 Å². The van der Waals surface area contributed by atoms with Crippen molar-refractivity contribution in [2.45, 2.75) is 32.5 Å². The average molecular weight is 312 g/mol. The minimum Gasteiger partial charge on any atom is -0.353 e. The Morgan fingerprint density at radius 1 is 1.17 bits per heavy atom. The summed E-state index contributed by atoms with van der Waals surface area (Å²) in [6.45, 7) is 5.02. The molecule has 4 heteroatoms. The van der Waals surface area contributed by atoms with Crippen molar-refractivity contribution in [3.8, 4) is 6.07 Å². The standard InChI is InChI=1S/C14H18BrNO2/c1-3-17-14(18-4-2)9-12(10-16)11-5-7-13(15)8-6-11/h5-8,12,14H,3-4,9H2,1-2H3/t12-/m1/s1. The number of halogens is 1. The molecule has 98 valence electrons. The molecule has 0 N–H and O–H groups in total. The Labute approximate surface area is 117 Å². The van der Waals surface area contributed by atoms with Crippen molar-refractivity contribution in [2.75, 3.05) is 13.2 Å². The highest BCUT2D eigenvalue weighted by atomic mass is 79.9. The molecule has 0 radical (unpaired) electrons. The smallest absolute Gasteiger partial charge is 0.159 e. The van der Waals surface area contributed by atoms with Crippen LogP contribution in [-0.2, 0) is 9.47 Å². The van der Waals surface area contributed by atoms with E-state index in [4.69, 9.17) is 9.47 Å². The van der Waals surface area contributed by atoms with Crippen LogP contribution in [0.25, 0.3) is 0 Å². The number of hydrogen-bond donors (Lipinski definition) is 0. The predicted molar refractivity (Wildman–Crippen MR) is 74.2 cm³/mol. The lowest BCUT2D eigenvalue weighted by atomic mass is 9.97. The molecule has 0 aliphatic rings. The fraction of sp³-hybridized carbons (Fsp3) is 0.500. The first-order chi connectivity index (χ1) is 8.71. The normalized spacial score (nSPS) is 12.4. The molecular weight excluding hydrogens is 294 g/mol. The molecule has 18 heavy (non-hydrogen) atoms. The van der Waals surface area contributed by atoms with Gasteiger partial charge in [0.1, 0.15) is 0 Å². The Hall–Kier alpha value is -0.890. The van der Waals surface area contributed by atoms with Crippen LogP contribution in [-0.4, -0.2) is 19.5 Å². The minimum atomic E-state index is -0.312. The summed E-state index contributed by atoms with van der Waals surface area (Å²) in [5.41, 5.74) is 0.991. The molecule has 0 aromatic heterocycles. The van der Waals surface area contributed by atoms with Gasteiger partial charge in [-0.05, 0) is 31.5 Å². The van der Waals surface area contributed by atoms with E-state index < -0.39 is 0 Å². The molecule has 0 saturated carbocycles. The third-order valence-corrected chi connectivity index (χ3v) is 3.09. The molecule has 0 spiro atoms. The van der Waals surface area contributed by atoms with E-state index in [2.05, 4.69) is 22.0 Å². The van der Waals surface area contributed by atoms with Crippen molar-refractivity contribution in [1.29, 1.82) is 5.26 Å². The first-order valence-electron chi connectivity index (χ1n) is 6.09. The van der Waals surface area contributed by atoms with Gasteiger partial charge in [0.25, 0.3) is 0 Å². The van der Waals surface area contributed by atoms with Crippen LogP contribution in [0.1, 0.15) is 31.7 Å². The molecule has 0 aliphatic carbocycles. The van der Waals surface area contributed by atoms with Crippen LogP contribution in [0.3, 0.4) is 0 Å². The molecule has 1 rings (SSSR count). The second-order valence-corrected chi connectivity index (χ2v) is 4.72. The van der Waals surface area contributed by atoms with E-state index in [9.17, 15) is 5.26 Å². The third kappa shape index (κ3) is 4.77. The van der Waals surface area contributed by atoms with Gasteiger partial charge in [-0.2, -0.15) is 5.26 Å². The first kappa shape index (κ1) is 15.2. The number of hydrogen-bond acceptors (Lipinski definition) is 3. The first-order valence-corrected chi connectivity index (χ1v) is 6.88. The fourth-order valence-electron chi connectivity index (χ4n) is 1.71. The monoisotopic (exact) mass is 311 g/mol. The Morgan fingerprint density at radius 2 is 1.72 bits per heavy atom. The van der Waals surface area contributed by atoms with E-state index in [1.165, 1.54) is 0 Å². The summed E-state index contributed by atoms with van der Waals surface area (Å²) in [5.74, 6) is -0.207. The van der Waals surface area contributed by atoms with Gasteiger partial charge in [-0.3, -0.25) is 0 Å². The van der Waals surface area contributed by atoms with Gasteiger partial charge in [0.05, 0.1) is 12.0 Å². The number of nitriles is 1. The van der Waals surface area contributed by atoms with Gasteiger partial charge in [0.15, 0.2) is 6.29 Å². The molecule has 0 fully saturated rings. The van der Waals surface area contributed by atoms with Crippen molar-refractivity contribution >= 4 is 15.9 Å². The maximum absolute atomic E-state index is 9.26. The van der Waals surface area contributed by atoms with Crippen molar-refractivity contribution < 1.29 is 9.47 Å². The van der Waals surface area contributed by atoms with E-state index in [-0.39, 0.29) is 12.2 Å². The summed E-state index contributed by atoms with van der Waals surface area (Å²) in [4.78, 5) is 0. The molecule has 1 aromatic carbocycles. The second kappa shape index (κ2) is 8.25. The zero-order chi connectivity index (χ0) is 13.4. The van der Waals surface area contributed by atoms with Crippen LogP contribution in [0.5, 0.6) is 0 Å². The molecule has 0 amide bonds. The average Bonchev–Trinajstić information content (AvgIpc) is 2.37. The predicted octanol–water partition coefficient (Wildman–Crippen LogP) is 3.85. The van der Waals surface area contributed by atoms with Gasteiger partial charge in [0, 0.05) is 24.1 Å². The second-order valence-electron chi connectivity index (χ2n) is 3.81. The zero-order valence-electron chi connectivity index (χ0n) is 10.7. The summed E-state index contributed by atoms with van der Waals surface area (Å²) in [5, 5.41) is 9.26. The largest absolute Gasteiger partial charge is 0.353 e. The number of benzene rings is 1. The summed E-state index contributed by atoms with van der Waals surface area (Å²) in [6, 6.07) is 10.1. The quantitative estimate of drug-likeness (QED) is 0.718. The van der Waals surface area contributed by atoms with Gasteiger partial charge in [0.2, 0.25) is 0 Å². The van der Waals surface area contributed by atoms with Crippen molar-refractivity contribution in [1.82, 2.24) is 0 Å². The Morgan fingerprint density at radius 3 is 2.17 bits per heavy atom. The summed E-state index contributed by atoms with van der Waals surface area (Å²) in [7, 11) is 0. The molecule has 0 bridgehead atoms. The molecule has 0 aliphatic heterocycles. The number of ether oxygens (including phenoxy) is 2. The highest BCUT2D eigenvalue weighted by Gasteiger charge is 2.18. The van der Waals surface area contributed by atoms with Gasteiger partial charge >= 0.3 is 0 Å². The van der Waals surface area contributed by atoms with Gasteiger partial charge in [-0.25, -0.2) is 0 Å². The van der Waals surface area contributed by atoms with Crippen LogP contribution in [0, 0.1) is 11.3 Å². The van der Waals surface area contributed by atoms with E-state index >= 15 is 0 Å².